The first kappa shape index (κ1) is 25.9. The van der Waals surface area contributed by atoms with E-state index in [9.17, 15) is 15.2 Å². The maximum atomic E-state index is 11.0. The second kappa shape index (κ2) is 13.9. The van der Waals surface area contributed by atoms with Gasteiger partial charge in [0.2, 0.25) is 0 Å². The lowest BCUT2D eigenvalue weighted by atomic mass is 10.1. The number of halogens is 1. The van der Waals surface area contributed by atoms with Crippen molar-refractivity contribution in [3.63, 3.8) is 0 Å². The fraction of sp³-hybridized carbons (Fsp3) is 0.480. The van der Waals surface area contributed by atoms with E-state index < -0.39 is 17.6 Å². The van der Waals surface area contributed by atoms with Crippen molar-refractivity contribution in [1.29, 1.82) is 0 Å². The number of hydrogen-bond acceptors (Lipinski definition) is 6. The van der Waals surface area contributed by atoms with E-state index in [2.05, 4.69) is 27.3 Å². The van der Waals surface area contributed by atoms with Crippen LogP contribution in [-0.4, -0.2) is 60.1 Å². The van der Waals surface area contributed by atoms with Crippen LogP contribution in [0.2, 0.25) is 5.02 Å². The fourth-order valence-electron chi connectivity index (χ4n) is 3.88. The first-order valence-corrected chi connectivity index (χ1v) is 12.1. The van der Waals surface area contributed by atoms with E-state index in [0.29, 0.717) is 30.2 Å². The first-order chi connectivity index (χ1) is 16.5. The van der Waals surface area contributed by atoms with E-state index in [1.165, 1.54) is 24.8 Å². The van der Waals surface area contributed by atoms with E-state index in [4.69, 9.17) is 16.3 Å². The summed E-state index contributed by atoms with van der Waals surface area (Å²) in [7, 11) is 0. The van der Waals surface area contributed by atoms with Crippen LogP contribution in [0.4, 0.5) is 0 Å². The topological polar surface area (TPSA) is 100 Å². The Kier molecular flexibility index (Phi) is 10.6. The molecule has 2 N–H and O–H groups in total. The molecule has 0 aliphatic carbocycles. The summed E-state index contributed by atoms with van der Waals surface area (Å²) in [5, 5.41) is 24.9. The maximum absolute atomic E-state index is 11.0. The molecule has 0 radical (unpaired) electrons. The lowest BCUT2D eigenvalue weighted by Gasteiger charge is -2.26. The van der Waals surface area contributed by atoms with Crippen LogP contribution in [0.1, 0.15) is 42.9 Å². The number of nitrogens with one attached hydrogen (secondary N) is 1. The van der Waals surface area contributed by atoms with Gasteiger partial charge in [-0.1, -0.05) is 42.3 Å². The van der Waals surface area contributed by atoms with Crippen LogP contribution >= 0.6 is 11.6 Å². The number of nitro groups is 1. The summed E-state index contributed by atoms with van der Waals surface area (Å²) in [5.41, 5.74) is 1.90. The molecule has 1 aliphatic heterocycles. The Balaban J connectivity index is 1.42. The third-order valence-electron chi connectivity index (χ3n) is 5.66. The summed E-state index contributed by atoms with van der Waals surface area (Å²) >= 11 is 5.86. The van der Waals surface area contributed by atoms with Gasteiger partial charge < -0.3 is 15.2 Å². The standard InChI is InChI=1S/C25H33ClN4O4/c26-22-10-8-21(9-11-22)24(31)17-28-25(19-30(32)33)27-12-5-15-34-23-7-4-6-20(16-23)18-29-13-2-1-3-14-29/h4,6-11,16,24,31H,1-3,5,12-15,17-19H2,(H,27,28). The average Bonchev–Trinajstić information content (AvgIpc) is 2.83. The molecule has 34 heavy (non-hydrogen) atoms. The van der Waals surface area contributed by atoms with Crippen LogP contribution in [0.5, 0.6) is 5.75 Å². The predicted octanol–water partition coefficient (Wildman–Crippen LogP) is 4.09. The van der Waals surface area contributed by atoms with Crippen molar-refractivity contribution in [1.82, 2.24) is 10.2 Å². The quantitative estimate of drug-likeness (QED) is 0.153. The lowest BCUT2D eigenvalue weighted by molar-refractivity contribution is -0.463. The second-order valence-electron chi connectivity index (χ2n) is 8.46. The minimum Gasteiger partial charge on any atom is -0.494 e. The third kappa shape index (κ3) is 9.29. The number of hydrogen-bond donors (Lipinski definition) is 2. The van der Waals surface area contributed by atoms with Crippen LogP contribution in [0.3, 0.4) is 0 Å². The smallest absolute Gasteiger partial charge is 0.259 e. The van der Waals surface area contributed by atoms with Gasteiger partial charge in [0, 0.05) is 23.0 Å². The normalized spacial score (nSPS) is 15.6. The Morgan fingerprint density at radius 2 is 1.97 bits per heavy atom. The molecule has 0 aromatic heterocycles. The molecule has 2 aromatic carbocycles. The number of amidine groups is 1. The number of aliphatic hydroxyl groups excluding tert-OH is 1. The third-order valence-corrected chi connectivity index (χ3v) is 5.91. The molecule has 1 atom stereocenters. The number of likely N-dealkylation sites (tertiary alicyclic amines) is 1. The number of aliphatic hydroxyl groups is 1. The van der Waals surface area contributed by atoms with Gasteiger partial charge in [0.15, 0.2) is 5.84 Å². The Labute approximate surface area is 205 Å². The molecule has 1 unspecified atom stereocenters. The van der Waals surface area contributed by atoms with Gasteiger partial charge in [-0.2, -0.15) is 0 Å². The number of ether oxygens (including phenoxy) is 1. The Hall–Kier alpha value is -2.68. The lowest BCUT2D eigenvalue weighted by Crippen LogP contribution is -2.32. The summed E-state index contributed by atoms with van der Waals surface area (Å²) in [5.74, 6) is 1.07. The molecule has 2 aromatic rings. The summed E-state index contributed by atoms with van der Waals surface area (Å²) in [6.07, 6.45) is 3.66. The largest absolute Gasteiger partial charge is 0.494 e. The zero-order chi connectivity index (χ0) is 24.2. The highest BCUT2D eigenvalue weighted by atomic mass is 35.5. The van der Waals surface area contributed by atoms with Gasteiger partial charge >= 0.3 is 0 Å². The molecule has 0 saturated carbocycles. The van der Waals surface area contributed by atoms with Crippen LogP contribution < -0.4 is 10.1 Å². The number of rotatable bonds is 12. The van der Waals surface area contributed by atoms with Crippen molar-refractivity contribution >= 4 is 17.4 Å². The number of piperidine rings is 1. The van der Waals surface area contributed by atoms with Gasteiger partial charge in [-0.05, 0) is 67.7 Å². The Morgan fingerprint density at radius 3 is 2.71 bits per heavy atom. The molecule has 9 heteroatoms. The van der Waals surface area contributed by atoms with Crippen molar-refractivity contribution in [2.24, 2.45) is 4.99 Å². The van der Waals surface area contributed by atoms with E-state index >= 15 is 0 Å². The van der Waals surface area contributed by atoms with E-state index in [-0.39, 0.29) is 12.4 Å². The van der Waals surface area contributed by atoms with Gasteiger partial charge in [0.05, 0.1) is 19.3 Å². The van der Waals surface area contributed by atoms with Crippen molar-refractivity contribution in [2.75, 3.05) is 39.3 Å². The summed E-state index contributed by atoms with van der Waals surface area (Å²) in [4.78, 5) is 17.2. The van der Waals surface area contributed by atoms with Gasteiger partial charge in [-0.3, -0.25) is 20.0 Å². The molecule has 184 valence electrons. The van der Waals surface area contributed by atoms with Crippen LogP contribution in [-0.2, 0) is 6.54 Å². The molecule has 0 bridgehead atoms. The van der Waals surface area contributed by atoms with Gasteiger partial charge in [-0.25, -0.2) is 0 Å². The minimum atomic E-state index is -0.860. The summed E-state index contributed by atoms with van der Waals surface area (Å²) in [6.45, 7) is 3.83. The van der Waals surface area contributed by atoms with Crippen LogP contribution in [0.25, 0.3) is 0 Å². The van der Waals surface area contributed by atoms with Crippen molar-refractivity contribution in [3.05, 3.63) is 74.8 Å². The number of nitrogens with zero attached hydrogens (tertiary/aromatic N) is 3. The van der Waals surface area contributed by atoms with Crippen molar-refractivity contribution in [2.45, 2.75) is 38.3 Å². The minimum absolute atomic E-state index is 0.0259. The molecule has 1 heterocycles. The molecule has 1 saturated heterocycles. The average molecular weight is 489 g/mol. The number of aliphatic imine (C=N–C) groups is 1. The monoisotopic (exact) mass is 488 g/mol. The molecule has 0 amide bonds. The van der Waals surface area contributed by atoms with Gasteiger partial charge in [0.25, 0.3) is 6.54 Å². The molecular formula is C25H33ClN4O4. The Bertz CT molecular complexity index is 933. The number of benzene rings is 2. The summed E-state index contributed by atoms with van der Waals surface area (Å²) in [6, 6.07) is 15.0. The zero-order valence-corrected chi connectivity index (χ0v) is 20.1. The van der Waals surface area contributed by atoms with Crippen molar-refractivity contribution in [3.8, 4) is 5.75 Å². The van der Waals surface area contributed by atoms with Crippen LogP contribution in [0.15, 0.2) is 53.5 Å². The van der Waals surface area contributed by atoms with E-state index in [1.54, 1.807) is 24.3 Å². The summed E-state index contributed by atoms with van der Waals surface area (Å²) < 4.78 is 5.88. The molecule has 1 aliphatic rings. The molecule has 3 rings (SSSR count). The Morgan fingerprint density at radius 1 is 1.21 bits per heavy atom. The SMILES string of the molecule is O=[N+]([O-])CC(=NCC(O)c1ccc(Cl)cc1)NCCCOc1cccc(CN2CCCCC2)c1. The van der Waals surface area contributed by atoms with Crippen molar-refractivity contribution < 1.29 is 14.8 Å². The molecule has 8 nitrogen and oxygen atoms in total. The highest BCUT2D eigenvalue weighted by Crippen LogP contribution is 2.18. The highest BCUT2D eigenvalue weighted by Gasteiger charge is 2.12. The van der Waals surface area contributed by atoms with Gasteiger partial charge in [-0.15, -0.1) is 0 Å². The molecule has 1 fully saturated rings. The van der Waals surface area contributed by atoms with Crippen LogP contribution in [0, 0.1) is 10.1 Å². The highest BCUT2D eigenvalue weighted by molar-refractivity contribution is 6.30. The molecule has 0 spiro atoms. The fourth-order valence-corrected chi connectivity index (χ4v) is 4.00. The van der Waals surface area contributed by atoms with E-state index in [1.807, 2.05) is 12.1 Å². The predicted molar refractivity (Wildman–Crippen MR) is 134 cm³/mol. The zero-order valence-electron chi connectivity index (χ0n) is 19.4. The van der Waals surface area contributed by atoms with E-state index in [0.717, 1.165) is 25.4 Å². The van der Waals surface area contributed by atoms with Gasteiger partial charge in [0.1, 0.15) is 5.75 Å². The first-order valence-electron chi connectivity index (χ1n) is 11.8. The maximum Gasteiger partial charge on any atom is 0.259 e. The second-order valence-corrected chi connectivity index (χ2v) is 8.90. The molecular weight excluding hydrogens is 456 g/mol.